The van der Waals surface area contributed by atoms with Gasteiger partial charge in [-0.2, -0.15) is 0 Å². The van der Waals surface area contributed by atoms with Gasteiger partial charge in [0.1, 0.15) is 4.21 Å². The zero-order valence-electron chi connectivity index (χ0n) is 13.8. The predicted molar refractivity (Wildman–Crippen MR) is 112 cm³/mol. The van der Waals surface area contributed by atoms with Crippen LogP contribution in [0.25, 0.3) is 11.0 Å². The lowest BCUT2D eigenvalue weighted by atomic mass is 10.3. The molecule has 4 aromatic rings. The van der Waals surface area contributed by atoms with Crippen molar-refractivity contribution < 1.29 is 8.42 Å². The summed E-state index contributed by atoms with van der Waals surface area (Å²) in [5.74, 6) is 0.467. The van der Waals surface area contributed by atoms with E-state index in [9.17, 15) is 8.42 Å². The van der Waals surface area contributed by atoms with Crippen molar-refractivity contribution in [2.45, 2.75) is 4.21 Å². The number of nitrogens with zero attached hydrogens (tertiary/aromatic N) is 2. The van der Waals surface area contributed by atoms with Crippen LogP contribution in [0.15, 0.2) is 74.7 Å². The van der Waals surface area contributed by atoms with Crippen molar-refractivity contribution in [3.63, 3.8) is 0 Å². The fourth-order valence-corrected chi connectivity index (χ4v) is 4.86. The van der Waals surface area contributed by atoms with Crippen molar-refractivity contribution in [3.05, 3.63) is 70.5 Å². The molecule has 9 heteroatoms. The van der Waals surface area contributed by atoms with Gasteiger partial charge in [0, 0.05) is 10.2 Å². The largest absolute Gasteiger partial charge is 0.337 e. The van der Waals surface area contributed by atoms with E-state index < -0.39 is 10.0 Å². The van der Waals surface area contributed by atoms with Crippen molar-refractivity contribution in [3.8, 4) is 0 Å². The molecule has 2 N–H and O–H groups in total. The van der Waals surface area contributed by atoms with Gasteiger partial charge in [-0.3, -0.25) is 4.72 Å². The number of sulfonamides is 1. The van der Waals surface area contributed by atoms with Crippen LogP contribution in [-0.4, -0.2) is 18.4 Å². The molecule has 0 amide bonds. The smallest absolute Gasteiger partial charge is 0.272 e. The molecule has 2 aromatic carbocycles. The Labute approximate surface area is 168 Å². The molecule has 0 bridgehead atoms. The molecule has 0 spiro atoms. The molecule has 0 saturated heterocycles. The Hall–Kier alpha value is -2.49. The summed E-state index contributed by atoms with van der Waals surface area (Å²) in [5, 5.41) is 4.86. The normalized spacial score (nSPS) is 11.4. The average molecular weight is 461 g/mol. The van der Waals surface area contributed by atoms with Crippen molar-refractivity contribution in [2.75, 3.05) is 10.0 Å². The van der Waals surface area contributed by atoms with Crippen LogP contribution in [0.5, 0.6) is 0 Å². The molecule has 27 heavy (non-hydrogen) atoms. The second-order valence-corrected chi connectivity index (χ2v) is 9.36. The number of thiophene rings is 1. The highest BCUT2D eigenvalue weighted by molar-refractivity contribution is 9.10. The average Bonchev–Trinajstić information content (AvgIpc) is 3.18. The van der Waals surface area contributed by atoms with Crippen LogP contribution >= 0.6 is 27.3 Å². The van der Waals surface area contributed by atoms with E-state index in [0.717, 1.165) is 21.5 Å². The van der Waals surface area contributed by atoms with E-state index in [4.69, 9.17) is 0 Å². The summed E-state index contributed by atoms with van der Waals surface area (Å²) >= 11 is 4.56. The fraction of sp³-hybridized carbons (Fsp3) is 0. The van der Waals surface area contributed by atoms with Crippen molar-refractivity contribution in [2.24, 2.45) is 0 Å². The zero-order chi connectivity index (χ0) is 18.9. The first-order chi connectivity index (χ1) is 13.0. The van der Waals surface area contributed by atoms with Crippen LogP contribution in [0.4, 0.5) is 17.3 Å². The van der Waals surface area contributed by atoms with Gasteiger partial charge in [-0.25, -0.2) is 18.4 Å². The van der Waals surface area contributed by atoms with Crippen molar-refractivity contribution in [1.29, 1.82) is 0 Å². The van der Waals surface area contributed by atoms with E-state index in [2.05, 4.69) is 35.9 Å². The van der Waals surface area contributed by atoms with Gasteiger partial charge >= 0.3 is 0 Å². The minimum absolute atomic E-state index is 0.141. The number of rotatable bonds is 5. The number of halogens is 1. The second-order valence-electron chi connectivity index (χ2n) is 5.58. The Kier molecular flexibility index (Phi) is 4.81. The highest BCUT2D eigenvalue weighted by Crippen LogP contribution is 2.28. The van der Waals surface area contributed by atoms with E-state index in [1.165, 1.54) is 0 Å². The molecule has 4 rings (SSSR count). The van der Waals surface area contributed by atoms with E-state index in [1.54, 1.807) is 23.6 Å². The molecule has 2 aromatic heterocycles. The molecule has 6 nitrogen and oxygen atoms in total. The summed E-state index contributed by atoms with van der Waals surface area (Å²) < 4.78 is 29.0. The first kappa shape index (κ1) is 17.9. The maximum Gasteiger partial charge on any atom is 0.272 e. The molecular formula is C18H13BrN4O2S2. The molecule has 0 atom stereocenters. The maximum absolute atomic E-state index is 12.7. The van der Waals surface area contributed by atoms with E-state index in [1.807, 2.05) is 42.5 Å². The second kappa shape index (κ2) is 7.26. The molecule has 0 unspecified atom stereocenters. The minimum atomic E-state index is -3.74. The van der Waals surface area contributed by atoms with Gasteiger partial charge in [0.25, 0.3) is 10.0 Å². The number of hydrogen-bond donors (Lipinski definition) is 2. The van der Waals surface area contributed by atoms with Crippen LogP contribution in [0.2, 0.25) is 0 Å². The summed E-state index contributed by atoms with van der Waals surface area (Å²) in [7, 11) is -3.74. The number of fused-ring (bicyclic) bond motifs is 1. The minimum Gasteiger partial charge on any atom is -0.337 e. The molecule has 0 aliphatic rings. The summed E-state index contributed by atoms with van der Waals surface area (Å²) in [5.41, 5.74) is 2.01. The lowest BCUT2D eigenvalue weighted by molar-refractivity contribution is 0.603. The number of nitrogens with one attached hydrogen (secondary N) is 2. The van der Waals surface area contributed by atoms with E-state index in [-0.39, 0.29) is 10.0 Å². The Morgan fingerprint density at radius 2 is 1.63 bits per heavy atom. The van der Waals surface area contributed by atoms with Crippen LogP contribution in [0, 0.1) is 0 Å². The Morgan fingerprint density at radius 1 is 0.889 bits per heavy atom. The Morgan fingerprint density at radius 3 is 2.30 bits per heavy atom. The van der Waals surface area contributed by atoms with Gasteiger partial charge < -0.3 is 5.32 Å². The predicted octanol–water partition coefficient (Wildman–Crippen LogP) is 5.00. The number of benzene rings is 2. The lowest BCUT2D eigenvalue weighted by Crippen LogP contribution is -2.15. The van der Waals surface area contributed by atoms with Crippen LogP contribution in [0.3, 0.4) is 0 Å². The summed E-state index contributed by atoms with van der Waals surface area (Å²) in [6, 6.07) is 18.0. The van der Waals surface area contributed by atoms with E-state index >= 15 is 0 Å². The molecule has 2 heterocycles. The van der Waals surface area contributed by atoms with Gasteiger partial charge in [0.2, 0.25) is 0 Å². The van der Waals surface area contributed by atoms with Crippen molar-refractivity contribution >= 4 is 65.6 Å². The summed E-state index contributed by atoms with van der Waals surface area (Å²) in [4.78, 5) is 9.02. The third-order valence-corrected chi connectivity index (χ3v) is 6.88. The lowest BCUT2D eigenvalue weighted by Gasteiger charge is -2.13. The third kappa shape index (κ3) is 3.95. The molecule has 0 aliphatic heterocycles. The zero-order valence-corrected chi connectivity index (χ0v) is 17.0. The van der Waals surface area contributed by atoms with Crippen LogP contribution in [0.1, 0.15) is 0 Å². The van der Waals surface area contributed by atoms with Gasteiger partial charge in [0.05, 0.1) is 11.0 Å². The molecule has 0 radical (unpaired) electrons. The van der Waals surface area contributed by atoms with Gasteiger partial charge in [-0.1, -0.05) is 40.2 Å². The van der Waals surface area contributed by atoms with Gasteiger partial charge in [0.15, 0.2) is 11.6 Å². The summed E-state index contributed by atoms with van der Waals surface area (Å²) in [6.07, 6.45) is 0. The number of aromatic nitrogens is 2. The van der Waals surface area contributed by atoms with E-state index in [0.29, 0.717) is 16.9 Å². The fourth-order valence-electron chi connectivity index (χ4n) is 2.46. The highest BCUT2D eigenvalue weighted by atomic mass is 79.9. The van der Waals surface area contributed by atoms with Crippen LogP contribution < -0.4 is 10.0 Å². The molecule has 0 fully saturated rings. The highest BCUT2D eigenvalue weighted by Gasteiger charge is 2.19. The number of para-hydroxylation sites is 2. The Balaban J connectivity index is 1.80. The number of hydrogen-bond acceptors (Lipinski definition) is 6. The van der Waals surface area contributed by atoms with Crippen molar-refractivity contribution in [1.82, 2.24) is 9.97 Å². The van der Waals surface area contributed by atoms with Crippen LogP contribution in [-0.2, 0) is 10.0 Å². The molecule has 0 aliphatic carbocycles. The molecule has 136 valence electrons. The quantitative estimate of drug-likeness (QED) is 0.437. The third-order valence-electron chi connectivity index (χ3n) is 3.65. The monoisotopic (exact) mass is 460 g/mol. The molecule has 0 saturated carbocycles. The standard InChI is InChI=1S/C18H13BrN4O2S2/c19-12-5-3-6-13(11-12)20-17-18(22-15-8-2-1-7-14(15)21-17)23-27(24,25)16-9-4-10-26-16/h1-11H,(H,20,21)(H,22,23). The molecular weight excluding hydrogens is 448 g/mol. The van der Waals surface area contributed by atoms with Gasteiger partial charge in [-0.05, 0) is 41.8 Å². The van der Waals surface area contributed by atoms with Gasteiger partial charge in [-0.15, -0.1) is 11.3 Å². The topological polar surface area (TPSA) is 84.0 Å². The SMILES string of the molecule is O=S(=O)(Nc1nc2ccccc2nc1Nc1cccc(Br)c1)c1cccs1. The number of anilines is 3. The first-order valence-electron chi connectivity index (χ1n) is 7.87. The maximum atomic E-state index is 12.7. The summed E-state index contributed by atoms with van der Waals surface area (Å²) in [6.45, 7) is 0. The first-order valence-corrected chi connectivity index (χ1v) is 11.0. The Bertz CT molecular complexity index is 1210.